The number of carbonyl (C=O) groups excluding carboxylic acids is 1. The van der Waals surface area contributed by atoms with E-state index in [9.17, 15) is 4.79 Å². The van der Waals surface area contributed by atoms with Crippen LogP contribution in [0.2, 0.25) is 0 Å². The number of rotatable bonds is 0. The van der Waals surface area contributed by atoms with E-state index in [0.29, 0.717) is 12.2 Å². The molecule has 0 unspecified atom stereocenters. The quantitative estimate of drug-likeness (QED) is 0.554. The lowest BCUT2D eigenvalue weighted by atomic mass is 10.1. The van der Waals surface area contributed by atoms with E-state index < -0.39 is 0 Å². The summed E-state index contributed by atoms with van der Waals surface area (Å²) in [5.41, 5.74) is 0.892. The van der Waals surface area contributed by atoms with Crippen LogP contribution in [0, 0.1) is 0 Å². The number of fused-ring (bicyclic) bond motifs is 1. The molecule has 0 spiro atoms. The van der Waals surface area contributed by atoms with E-state index in [1.54, 1.807) is 6.07 Å². The molecule has 1 aromatic carbocycles. The van der Waals surface area contributed by atoms with Crippen molar-refractivity contribution in [2.24, 2.45) is 0 Å². The van der Waals surface area contributed by atoms with E-state index >= 15 is 0 Å². The number of amides is 1. The van der Waals surface area contributed by atoms with Gasteiger partial charge in [0.05, 0.1) is 6.42 Å². The van der Waals surface area contributed by atoms with Crippen molar-refractivity contribution in [2.45, 2.75) is 6.42 Å². The zero-order valence-corrected chi connectivity index (χ0v) is 7.00. The summed E-state index contributed by atoms with van der Waals surface area (Å²) >= 11 is 4.65. The van der Waals surface area contributed by atoms with Gasteiger partial charge in [0.15, 0.2) is 5.75 Å². The van der Waals surface area contributed by atoms with Crippen LogP contribution in [0.1, 0.15) is 5.56 Å². The monoisotopic (exact) mass is 180 g/mol. The highest BCUT2D eigenvalue weighted by molar-refractivity contribution is 7.56. The highest BCUT2D eigenvalue weighted by Crippen LogP contribution is 2.23. The van der Waals surface area contributed by atoms with E-state index in [-0.39, 0.29) is 5.91 Å². The predicted molar refractivity (Wildman–Crippen MR) is 45.0 cm³/mol. The van der Waals surface area contributed by atoms with Crippen LogP contribution in [-0.2, 0) is 24.0 Å². The molecule has 1 aliphatic rings. The van der Waals surface area contributed by atoms with Crippen LogP contribution >= 0.6 is 0 Å². The van der Waals surface area contributed by atoms with E-state index in [1.165, 1.54) is 0 Å². The Morgan fingerprint density at radius 2 is 2.17 bits per heavy atom. The minimum absolute atomic E-state index is 0.191. The number of carbonyl (C=O) groups is 1. The minimum atomic E-state index is -0.191. The molecule has 0 aromatic heterocycles. The van der Waals surface area contributed by atoms with E-state index in [0.717, 1.165) is 10.0 Å². The van der Waals surface area contributed by atoms with Gasteiger partial charge in [-0.05, 0) is 6.07 Å². The van der Waals surface area contributed by atoms with Gasteiger partial charge in [-0.25, -0.2) is 0 Å². The molecule has 1 aromatic rings. The fraction of sp³-hybridized carbons (Fsp3) is 0.125. The third-order valence-electron chi connectivity index (χ3n) is 1.70. The molecule has 3 nitrogen and oxygen atoms in total. The highest BCUT2D eigenvalue weighted by atomic mass is 32.1. The summed E-state index contributed by atoms with van der Waals surface area (Å²) < 4.78 is 0.850. The molecule has 62 valence electrons. The Morgan fingerprint density at radius 3 is 3.00 bits per heavy atom. The first kappa shape index (κ1) is 7.49. The Balaban J connectivity index is 2.40. The summed E-state index contributed by atoms with van der Waals surface area (Å²) in [6.45, 7) is 0. The topological polar surface area (TPSA) is 29.5 Å². The highest BCUT2D eigenvalue weighted by Gasteiger charge is 2.16. The lowest BCUT2D eigenvalue weighted by Crippen LogP contribution is -2.34. The van der Waals surface area contributed by atoms with Gasteiger partial charge in [-0.2, -0.15) is 0 Å². The SMILES string of the molecule is O=C1Cc2ccccc2ON1[S-]. The standard InChI is InChI=1S/C8H6NO2S/c10-8-5-6-3-1-2-4-7(6)11-9(8)12/h1-4H,5H2/q-1. The maximum Gasteiger partial charge on any atom is 0.237 e. The van der Waals surface area contributed by atoms with Crippen molar-refractivity contribution < 1.29 is 9.63 Å². The molecule has 0 aliphatic carbocycles. The molecule has 12 heavy (non-hydrogen) atoms. The molecule has 4 heteroatoms. The molecule has 0 N–H and O–H groups in total. The molecule has 0 saturated carbocycles. The Kier molecular flexibility index (Phi) is 1.69. The maximum absolute atomic E-state index is 11.1. The second-order valence-corrected chi connectivity index (χ2v) is 2.86. The average Bonchev–Trinajstić information content (AvgIpc) is 2.07. The number of nitrogens with zero attached hydrogens (tertiary/aromatic N) is 1. The molecule has 2 rings (SSSR count). The van der Waals surface area contributed by atoms with Gasteiger partial charge in [0, 0.05) is 5.56 Å². The second-order valence-electron chi connectivity index (χ2n) is 2.53. The summed E-state index contributed by atoms with van der Waals surface area (Å²) in [5.74, 6) is 0.482. The predicted octanol–water partition coefficient (Wildman–Crippen LogP) is 0.827. The molecule has 0 fully saturated rings. The largest absolute Gasteiger partial charge is 0.617 e. The van der Waals surface area contributed by atoms with Gasteiger partial charge in [-0.1, -0.05) is 18.2 Å². The lowest BCUT2D eigenvalue weighted by Gasteiger charge is -2.33. The van der Waals surface area contributed by atoms with E-state index in [1.807, 2.05) is 18.2 Å². The van der Waals surface area contributed by atoms with Gasteiger partial charge < -0.3 is 22.1 Å². The van der Waals surface area contributed by atoms with Crippen molar-refractivity contribution in [3.8, 4) is 5.75 Å². The van der Waals surface area contributed by atoms with Gasteiger partial charge in [-0.3, -0.25) is 4.79 Å². The van der Waals surface area contributed by atoms with Crippen LogP contribution in [0.4, 0.5) is 0 Å². The normalized spacial score (nSPS) is 15.4. The fourth-order valence-corrected chi connectivity index (χ4v) is 1.25. The minimum Gasteiger partial charge on any atom is -0.617 e. The summed E-state index contributed by atoms with van der Waals surface area (Å²) in [7, 11) is 0. The van der Waals surface area contributed by atoms with Crippen LogP contribution in [-0.4, -0.2) is 10.4 Å². The molecular formula is C8H6NO2S-. The molecule has 0 saturated heterocycles. The first-order chi connectivity index (χ1) is 5.77. The van der Waals surface area contributed by atoms with Crippen molar-refractivity contribution in [3.63, 3.8) is 0 Å². The molecular weight excluding hydrogens is 174 g/mol. The van der Waals surface area contributed by atoms with Gasteiger partial charge >= 0.3 is 0 Å². The Bertz CT molecular complexity index is 327. The van der Waals surface area contributed by atoms with Crippen molar-refractivity contribution in [1.29, 1.82) is 0 Å². The van der Waals surface area contributed by atoms with Gasteiger partial charge in [-0.15, -0.1) is 0 Å². The maximum atomic E-state index is 11.1. The third kappa shape index (κ3) is 1.14. The number of benzene rings is 1. The zero-order valence-electron chi connectivity index (χ0n) is 6.19. The molecule has 0 radical (unpaired) electrons. The van der Waals surface area contributed by atoms with Crippen LogP contribution in [0.25, 0.3) is 0 Å². The zero-order chi connectivity index (χ0) is 8.55. The summed E-state index contributed by atoms with van der Waals surface area (Å²) in [6, 6.07) is 7.36. The molecule has 1 amide bonds. The molecule has 0 atom stereocenters. The molecule has 1 aliphatic heterocycles. The first-order valence-corrected chi connectivity index (χ1v) is 3.90. The Labute approximate surface area is 75.4 Å². The van der Waals surface area contributed by atoms with E-state index in [2.05, 4.69) is 12.8 Å². The number of hydrogen-bond acceptors (Lipinski definition) is 3. The summed E-state index contributed by atoms with van der Waals surface area (Å²) in [4.78, 5) is 16.1. The second kappa shape index (κ2) is 2.71. The van der Waals surface area contributed by atoms with Crippen LogP contribution < -0.4 is 4.84 Å². The molecule has 0 bridgehead atoms. The third-order valence-corrected chi connectivity index (χ3v) is 1.98. The number of hydrogen-bond donors (Lipinski definition) is 0. The Hall–Kier alpha value is -1.16. The van der Waals surface area contributed by atoms with Crippen LogP contribution in [0.15, 0.2) is 24.3 Å². The van der Waals surface area contributed by atoms with Crippen molar-refractivity contribution >= 4 is 18.7 Å². The van der Waals surface area contributed by atoms with Crippen LogP contribution in [0.5, 0.6) is 5.75 Å². The summed E-state index contributed by atoms with van der Waals surface area (Å²) in [5, 5.41) is 0. The smallest absolute Gasteiger partial charge is 0.237 e. The van der Waals surface area contributed by atoms with Gasteiger partial charge in [0.1, 0.15) is 0 Å². The van der Waals surface area contributed by atoms with E-state index in [4.69, 9.17) is 4.84 Å². The molecule has 1 heterocycles. The van der Waals surface area contributed by atoms with Gasteiger partial charge in [0.2, 0.25) is 5.91 Å². The number of para-hydroxylation sites is 1. The fourth-order valence-electron chi connectivity index (χ4n) is 1.11. The number of hydroxylamine groups is 1. The van der Waals surface area contributed by atoms with Crippen LogP contribution in [0.3, 0.4) is 0 Å². The average molecular weight is 180 g/mol. The Morgan fingerprint density at radius 1 is 1.42 bits per heavy atom. The van der Waals surface area contributed by atoms with Crippen molar-refractivity contribution in [1.82, 2.24) is 4.47 Å². The van der Waals surface area contributed by atoms with Gasteiger partial charge in [0.25, 0.3) is 0 Å². The first-order valence-electron chi connectivity index (χ1n) is 3.53. The lowest BCUT2D eigenvalue weighted by molar-refractivity contribution is -0.141. The van der Waals surface area contributed by atoms with Crippen molar-refractivity contribution in [3.05, 3.63) is 29.8 Å². The van der Waals surface area contributed by atoms with Crippen molar-refractivity contribution in [2.75, 3.05) is 0 Å². The summed E-state index contributed by atoms with van der Waals surface area (Å²) in [6.07, 6.45) is 0.333.